The molecule has 0 aliphatic rings. The van der Waals surface area contributed by atoms with Crippen molar-refractivity contribution in [2.75, 3.05) is 0 Å². The van der Waals surface area contributed by atoms with Crippen LogP contribution < -0.4 is 0 Å². The fourth-order valence-electron chi connectivity index (χ4n) is 1.71. The Morgan fingerprint density at radius 1 is 1.06 bits per heavy atom. The summed E-state index contributed by atoms with van der Waals surface area (Å²) in [6, 6.07) is 10.5. The van der Waals surface area contributed by atoms with E-state index in [-0.39, 0.29) is 16.7 Å². The summed E-state index contributed by atoms with van der Waals surface area (Å²) in [5.41, 5.74) is 0.983. The van der Waals surface area contributed by atoms with E-state index < -0.39 is 11.9 Å². The lowest BCUT2D eigenvalue weighted by Gasteiger charge is -2.12. The molecule has 1 atom stereocenters. The van der Waals surface area contributed by atoms with E-state index in [2.05, 4.69) is 15.9 Å². The Labute approximate surface area is 112 Å². The minimum absolute atomic E-state index is 0.157. The third-order valence-electron chi connectivity index (χ3n) is 2.70. The zero-order valence-corrected chi connectivity index (χ0v) is 11.0. The van der Waals surface area contributed by atoms with E-state index in [0.717, 1.165) is 0 Å². The first-order valence-electron chi connectivity index (χ1n) is 5.44. The van der Waals surface area contributed by atoms with Crippen LogP contribution in [0.5, 0.6) is 0 Å². The second-order valence-corrected chi connectivity index (χ2v) is 4.84. The van der Waals surface area contributed by atoms with Gasteiger partial charge in [0.2, 0.25) is 0 Å². The van der Waals surface area contributed by atoms with Crippen LogP contribution in [0, 0.1) is 11.6 Å². The maximum atomic E-state index is 13.4. The Hall–Kier alpha value is -1.26. The number of aliphatic hydroxyl groups is 1. The molecule has 0 saturated carbocycles. The molecule has 94 valence electrons. The number of halogens is 3. The fraction of sp³-hybridized carbons (Fsp3) is 0.143. The minimum atomic E-state index is -0.862. The second kappa shape index (κ2) is 5.59. The van der Waals surface area contributed by atoms with Crippen molar-refractivity contribution < 1.29 is 13.9 Å². The van der Waals surface area contributed by atoms with E-state index in [4.69, 9.17) is 0 Å². The molecule has 0 fully saturated rings. The molecule has 18 heavy (non-hydrogen) atoms. The molecule has 1 nitrogen and oxygen atoms in total. The largest absolute Gasteiger partial charge is 0.388 e. The summed E-state index contributed by atoms with van der Waals surface area (Å²) in [5, 5.41) is 10.0. The number of aliphatic hydroxyl groups excluding tert-OH is 1. The zero-order valence-electron chi connectivity index (χ0n) is 9.41. The highest BCUT2D eigenvalue weighted by Gasteiger charge is 2.12. The lowest BCUT2D eigenvalue weighted by Crippen LogP contribution is -2.03. The van der Waals surface area contributed by atoms with Crippen molar-refractivity contribution in [2.45, 2.75) is 12.5 Å². The molecular weight excluding hydrogens is 302 g/mol. The number of hydrogen-bond donors (Lipinski definition) is 1. The van der Waals surface area contributed by atoms with Gasteiger partial charge in [0.1, 0.15) is 11.6 Å². The molecule has 1 unspecified atom stereocenters. The molecule has 2 aromatic rings. The maximum absolute atomic E-state index is 13.4. The van der Waals surface area contributed by atoms with E-state index >= 15 is 0 Å². The van der Waals surface area contributed by atoms with Crippen LogP contribution in [0.1, 0.15) is 17.2 Å². The fourth-order valence-corrected chi connectivity index (χ4v) is 2.11. The van der Waals surface area contributed by atoms with Gasteiger partial charge in [0.25, 0.3) is 0 Å². The van der Waals surface area contributed by atoms with E-state index in [1.807, 2.05) is 0 Å². The van der Waals surface area contributed by atoms with E-state index in [1.165, 1.54) is 24.3 Å². The van der Waals surface area contributed by atoms with Crippen LogP contribution in [-0.2, 0) is 6.42 Å². The molecule has 0 amide bonds. The third kappa shape index (κ3) is 2.94. The standard InChI is InChI=1S/C14H11BrF2O/c15-11-7-10(5-6-13(11)17)14(18)8-9-3-1-2-4-12(9)16/h1-7,14,18H,8H2. The third-order valence-corrected chi connectivity index (χ3v) is 3.31. The first kappa shape index (κ1) is 13.2. The molecule has 0 heterocycles. The highest BCUT2D eigenvalue weighted by atomic mass is 79.9. The zero-order chi connectivity index (χ0) is 13.1. The van der Waals surface area contributed by atoms with Crippen LogP contribution in [0.25, 0.3) is 0 Å². The lowest BCUT2D eigenvalue weighted by atomic mass is 10.0. The van der Waals surface area contributed by atoms with Crippen LogP contribution in [0.4, 0.5) is 8.78 Å². The molecule has 0 saturated heterocycles. The Bertz CT molecular complexity index is 557. The minimum Gasteiger partial charge on any atom is -0.388 e. The predicted molar refractivity (Wildman–Crippen MR) is 69.2 cm³/mol. The normalized spacial score (nSPS) is 12.4. The van der Waals surface area contributed by atoms with Crippen molar-refractivity contribution in [3.8, 4) is 0 Å². The van der Waals surface area contributed by atoms with E-state index in [9.17, 15) is 13.9 Å². The molecule has 0 spiro atoms. The molecule has 0 radical (unpaired) electrons. The van der Waals surface area contributed by atoms with Crippen molar-refractivity contribution in [2.24, 2.45) is 0 Å². The number of rotatable bonds is 3. The monoisotopic (exact) mass is 312 g/mol. The smallest absolute Gasteiger partial charge is 0.137 e. The highest BCUT2D eigenvalue weighted by molar-refractivity contribution is 9.10. The lowest BCUT2D eigenvalue weighted by molar-refractivity contribution is 0.177. The van der Waals surface area contributed by atoms with Gasteiger partial charge in [-0.3, -0.25) is 0 Å². The average molecular weight is 313 g/mol. The average Bonchev–Trinajstić information content (AvgIpc) is 2.35. The summed E-state index contributed by atoms with van der Waals surface area (Å²) in [6.07, 6.45) is -0.705. The molecular formula is C14H11BrF2O. The Morgan fingerprint density at radius 3 is 2.44 bits per heavy atom. The van der Waals surface area contributed by atoms with Gasteiger partial charge in [0, 0.05) is 6.42 Å². The molecule has 1 N–H and O–H groups in total. The molecule has 0 bridgehead atoms. The summed E-state index contributed by atoms with van der Waals surface area (Å²) in [4.78, 5) is 0. The second-order valence-electron chi connectivity index (χ2n) is 3.98. The quantitative estimate of drug-likeness (QED) is 0.908. The van der Waals surface area contributed by atoms with Gasteiger partial charge in [-0.05, 0) is 45.3 Å². The van der Waals surface area contributed by atoms with Crippen LogP contribution in [0.15, 0.2) is 46.9 Å². The van der Waals surface area contributed by atoms with Gasteiger partial charge in [0.05, 0.1) is 10.6 Å². The van der Waals surface area contributed by atoms with E-state index in [1.54, 1.807) is 18.2 Å². The molecule has 2 rings (SSSR count). The van der Waals surface area contributed by atoms with Gasteiger partial charge in [-0.25, -0.2) is 8.78 Å². The van der Waals surface area contributed by atoms with Gasteiger partial charge in [0.15, 0.2) is 0 Å². The summed E-state index contributed by atoms with van der Waals surface area (Å²) >= 11 is 3.05. The van der Waals surface area contributed by atoms with Gasteiger partial charge in [-0.2, -0.15) is 0 Å². The van der Waals surface area contributed by atoms with Crippen LogP contribution in [-0.4, -0.2) is 5.11 Å². The summed E-state index contributed by atoms with van der Waals surface area (Å²) in [5.74, 6) is -0.741. The Morgan fingerprint density at radius 2 is 1.78 bits per heavy atom. The first-order valence-corrected chi connectivity index (χ1v) is 6.23. The summed E-state index contributed by atoms with van der Waals surface area (Å²) < 4.78 is 26.8. The van der Waals surface area contributed by atoms with Crippen LogP contribution in [0.2, 0.25) is 0 Å². The van der Waals surface area contributed by atoms with Crippen molar-refractivity contribution in [3.63, 3.8) is 0 Å². The number of benzene rings is 2. The molecule has 0 aliphatic heterocycles. The van der Waals surface area contributed by atoms with Gasteiger partial charge < -0.3 is 5.11 Å². The highest BCUT2D eigenvalue weighted by Crippen LogP contribution is 2.24. The Kier molecular flexibility index (Phi) is 4.09. The molecule has 0 aromatic heterocycles. The summed E-state index contributed by atoms with van der Waals surface area (Å²) in [6.45, 7) is 0. The Balaban J connectivity index is 2.19. The van der Waals surface area contributed by atoms with Crippen molar-refractivity contribution in [1.29, 1.82) is 0 Å². The SMILES string of the molecule is OC(Cc1ccccc1F)c1ccc(F)c(Br)c1. The van der Waals surface area contributed by atoms with Crippen LogP contribution >= 0.6 is 15.9 Å². The van der Waals surface area contributed by atoms with Gasteiger partial charge >= 0.3 is 0 Å². The first-order chi connectivity index (χ1) is 8.58. The molecule has 4 heteroatoms. The molecule has 2 aromatic carbocycles. The van der Waals surface area contributed by atoms with Gasteiger partial charge in [-0.1, -0.05) is 24.3 Å². The van der Waals surface area contributed by atoms with E-state index in [0.29, 0.717) is 11.1 Å². The maximum Gasteiger partial charge on any atom is 0.137 e. The summed E-state index contributed by atoms with van der Waals surface area (Å²) in [7, 11) is 0. The van der Waals surface area contributed by atoms with Gasteiger partial charge in [-0.15, -0.1) is 0 Å². The number of hydrogen-bond acceptors (Lipinski definition) is 1. The van der Waals surface area contributed by atoms with Crippen molar-refractivity contribution >= 4 is 15.9 Å². The molecule has 0 aliphatic carbocycles. The van der Waals surface area contributed by atoms with Crippen molar-refractivity contribution in [3.05, 3.63) is 69.7 Å². The topological polar surface area (TPSA) is 20.2 Å². The van der Waals surface area contributed by atoms with Crippen LogP contribution in [0.3, 0.4) is 0 Å². The van der Waals surface area contributed by atoms with Crippen molar-refractivity contribution in [1.82, 2.24) is 0 Å². The predicted octanol–water partition coefficient (Wildman–Crippen LogP) is 4.00.